The summed E-state index contributed by atoms with van der Waals surface area (Å²) in [6, 6.07) is 9.99. The van der Waals surface area contributed by atoms with Gasteiger partial charge >= 0.3 is 0 Å². The molecular weight excluding hydrogens is 308 g/mol. The third-order valence-corrected chi connectivity index (χ3v) is 4.47. The first-order valence-electron chi connectivity index (χ1n) is 7.24. The molecule has 0 bridgehead atoms. The lowest BCUT2D eigenvalue weighted by molar-refractivity contribution is 1.07. The summed E-state index contributed by atoms with van der Waals surface area (Å²) in [7, 11) is 3.66. The smallest absolute Gasteiger partial charge is 0.223 e. The molecule has 23 heavy (non-hydrogen) atoms. The van der Waals surface area contributed by atoms with E-state index in [0.717, 1.165) is 32.5 Å². The zero-order chi connectivity index (χ0) is 16.2. The predicted octanol–water partition coefficient (Wildman–Crippen LogP) is 2.81. The summed E-state index contributed by atoms with van der Waals surface area (Å²) in [6.07, 6.45) is 1.82. The minimum Gasteiger partial charge on any atom is -0.365 e. The highest BCUT2D eigenvalue weighted by Gasteiger charge is 2.12. The topological polar surface area (TPSA) is 88.8 Å². The number of aromatic nitrogens is 3. The van der Waals surface area contributed by atoms with Crippen LogP contribution in [0.3, 0.4) is 0 Å². The van der Waals surface area contributed by atoms with Crippen LogP contribution in [0.5, 0.6) is 0 Å². The SMILES string of the molecule is CNc1nc(-c2cnc(NC)s2)cc(-c2ccccc2CN)n1. The maximum Gasteiger partial charge on any atom is 0.223 e. The predicted molar refractivity (Wildman–Crippen MR) is 95.6 cm³/mol. The molecule has 0 fully saturated rings. The Bertz CT molecular complexity index is 814. The van der Waals surface area contributed by atoms with E-state index < -0.39 is 0 Å². The van der Waals surface area contributed by atoms with Gasteiger partial charge in [-0.25, -0.2) is 15.0 Å². The van der Waals surface area contributed by atoms with Crippen LogP contribution in [0.1, 0.15) is 5.56 Å². The van der Waals surface area contributed by atoms with Crippen molar-refractivity contribution >= 4 is 22.4 Å². The second-order valence-corrected chi connectivity index (χ2v) is 5.88. The molecule has 3 rings (SSSR count). The van der Waals surface area contributed by atoms with Gasteiger partial charge in [-0.2, -0.15) is 0 Å². The van der Waals surface area contributed by atoms with Crippen molar-refractivity contribution in [3.8, 4) is 21.8 Å². The number of benzene rings is 1. The summed E-state index contributed by atoms with van der Waals surface area (Å²) in [4.78, 5) is 14.4. The normalized spacial score (nSPS) is 10.6. The van der Waals surface area contributed by atoms with Crippen LogP contribution >= 0.6 is 11.3 Å². The van der Waals surface area contributed by atoms with Crippen LogP contribution in [-0.4, -0.2) is 29.0 Å². The monoisotopic (exact) mass is 326 g/mol. The number of nitrogens with one attached hydrogen (secondary N) is 2. The van der Waals surface area contributed by atoms with Gasteiger partial charge in [-0.1, -0.05) is 35.6 Å². The van der Waals surface area contributed by atoms with Gasteiger partial charge < -0.3 is 16.4 Å². The molecular formula is C16H18N6S. The van der Waals surface area contributed by atoms with Crippen molar-refractivity contribution in [2.24, 2.45) is 5.73 Å². The van der Waals surface area contributed by atoms with E-state index >= 15 is 0 Å². The fourth-order valence-corrected chi connectivity index (χ4v) is 3.01. The van der Waals surface area contributed by atoms with Crippen LogP contribution in [-0.2, 0) is 6.54 Å². The van der Waals surface area contributed by atoms with E-state index in [9.17, 15) is 0 Å². The molecule has 0 aliphatic heterocycles. The van der Waals surface area contributed by atoms with Crippen LogP contribution in [0.2, 0.25) is 0 Å². The highest BCUT2D eigenvalue weighted by Crippen LogP contribution is 2.31. The molecule has 2 aromatic heterocycles. The van der Waals surface area contributed by atoms with Gasteiger partial charge in [0.05, 0.1) is 16.3 Å². The van der Waals surface area contributed by atoms with E-state index in [-0.39, 0.29) is 0 Å². The molecule has 3 aromatic rings. The lowest BCUT2D eigenvalue weighted by Crippen LogP contribution is -2.02. The average molecular weight is 326 g/mol. The van der Waals surface area contributed by atoms with Crippen molar-refractivity contribution in [3.05, 3.63) is 42.1 Å². The van der Waals surface area contributed by atoms with Crippen LogP contribution in [0.4, 0.5) is 11.1 Å². The van der Waals surface area contributed by atoms with E-state index in [2.05, 4.69) is 25.6 Å². The first-order chi connectivity index (χ1) is 11.2. The Labute approximate surface area is 138 Å². The van der Waals surface area contributed by atoms with Gasteiger partial charge in [0.25, 0.3) is 0 Å². The Kier molecular flexibility index (Phi) is 4.50. The second-order valence-electron chi connectivity index (χ2n) is 4.85. The summed E-state index contributed by atoms with van der Waals surface area (Å²) >= 11 is 1.55. The largest absolute Gasteiger partial charge is 0.365 e. The van der Waals surface area contributed by atoms with Crippen molar-refractivity contribution in [3.63, 3.8) is 0 Å². The van der Waals surface area contributed by atoms with Crippen molar-refractivity contribution < 1.29 is 0 Å². The highest BCUT2D eigenvalue weighted by atomic mass is 32.1. The van der Waals surface area contributed by atoms with Gasteiger partial charge in [0.1, 0.15) is 0 Å². The fourth-order valence-electron chi connectivity index (χ4n) is 2.28. The Hall–Kier alpha value is -2.51. The molecule has 2 heterocycles. The molecule has 7 heteroatoms. The van der Waals surface area contributed by atoms with E-state index in [1.165, 1.54) is 0 Å². The zero-order valence-corrected chi connectivity index (χ0v) is 13.8. The van der Waals surface area contributed by atoms with Crippen LogP contribution in [0, 0.1) is 0 Å². The van der Waals surface area contributed by atoms with Crippen LogP contribution < -0.4 is 16.4 Å². The first-order valence-corrected chi connectivity index (χ1v) is 8.06. The first kappa shape index (κ1) is 15.4. The Morgan fingerprint density at radius 1 is 1.09 bits per heavy atom. The lowest BCUT2D eigenvalue weighted by Gasteiger charge is -2.10. The number of thiazole rings is 1. The summed E-state index contributed by atoms with van der Waals surface area (Å²) < 4.78 is 0. The number of hydrogen-bond acceptors (Lipinski definition) is 7. The lowest BCUT2D eigenvalue weighted by atomic mass is 10.0. The van der Waals surface area contributed by atoms with E-state index in [1.807, 2.05) is 50.6 Å². The van der Waals surface area contributed by atoms with Crippen molar-refractivity contribution in [2.75, 3.05) is 24.7 Å². The molecule has 0 amide bonds. The van der Waals surface area contributed by atoms with Crippen molar-refractivity contribution in [2.45, 2.75) is 6.54 Å². The molecule has 0 atom stereocenters. The van der Waals surface area contributed by atoms with Gasteiger partial charge in [-0.3, -0.25) is 0 Å². The number of nitrogens with zero attached hydrogens (tertiary/aromatic N) is 3. The molecule has 6 nitrogen and oxygen atoms in total. The molecule has 4 N–H and O–H groups in total. The number of nitrogens with two attached hydrogens (primary N) is 1. The standard InChI is InChI=1S/C16H18N6S/c1-18-15-21-12(11-6-4-3-5-10(11)8-17)7-13(22-15)14-9-20-16(19-2)23-14/h3-7,9H,8,17H2,1-2H3,(H,19,20)(H,18,21,22). The third-order valence-electron chi connectivity index (χ3n) is 3.43. The summed E-state index contributed by atoms with van der Waals surface area (Å²) in [5.74, 6) is 0.573. The minimum absolute atomic E-state index is 0.467. The third kappa shape index (κ3) is 3.15. The summed E-state index contributed by atoms with van der Waals surface area (Å²) in [5.41, 5.74) is 9.62. The van der Waals surface area contributed by atoms with Crippen molar-refractivity contribution in [1.82, 2.24) is 15.0 Å². The van der Waals surface area contributed by atoms with Gasteiger partial charge in [0, 0.05) is 32.4 Å². The quantitative estimate of drug-likeness (QED) is 0.668. The maximum atomic E-state index is 5.85. The molecule has 0 saturated carbocycles. The average Bonchev–Trinajstić information content (AvgIpc) is 3.10. The Morgan fingerprint density at radius 2 is 1.87 bits per heavy atom. The van der Waals surface area contributed by atoms with E-state index in [1.54, 1.807) is 11.3 Å². The molecule has 0 aliphatic carbocycles. The molecule has 1 aromatic carbocycles. The van der Waals surface area contributed by atoms with Crippen LogP contribution in [0.25, 0.3) is 21.8 Å². The van der Waals surface area contributed by atoms with E-state index in [4.69, 9.17) is 5.73 Å². The van der Waals surface area contributed by atoms with Gasteiger partial charge in [-0.15, -0.1) is 0 Å². The Morgan fingerprint density at radius 3 is 2.57 bits per heavy atom. The summed E-state index contributed by atoms with van der Waals surface area (Å²) in [6.45, 7) is 0.467. The second kappa shape index (κ2) is 6.72. The summed E-state index contributed by atoms with van der Waals surface area (Å²) in [5, 5.41) is 6.92. The van der Waals surface area contributed by atoms with E-state index in [0.29, 0.717) is 12.5 Å². The molecule has 0 aliphatic rings. The van der Waals surface area contributed by atoms with Gasteiger partial charge in [-0.05, 0) is 11.6 Å². The molecule has 0 unspecified atom stereocenters. The number of rotatable bonds is 5. The maximum absolute atomic E-state index is 5.85. The molecule has 0 saturated heterocycles. The highest BCUT2D eigenvalue weighted by molar-refractivity contribution is 7.18. The number of anilines is 2. The van der Waals surface area contributed by atoms with Gasteiger partial charge in [0.15, 0.2) is 5.13 Å². The van der Waals surface area contributed by atoms with Crippen molar-refractivity contribution in [1.29, 1.82) is 0 Å². The van der Waals surface area contributed by atoms with Gasteiger partial charge in [0.2, 0.25) is 5.95 Å². The Balaban J connectivity index is 2.12. The minimum atomic E-state index is 0.467. The van der Waals surface area contributed by atoms with Crippen LogP contribution in [0.15, 0.2) is 36.5 Å². The zero-order valence-electron chi connectivity index (χ0n) is 13.0. The molecule has 0 spiro atoms. The molecule has 0 radical (unpaired) electrons. The fraction of sp³-hybridized carbons (Fsp3) is 0.188. The number of hydrogen-bond donors (Lipinski definition) is 3. The molecule has 118 valence electrons.